The van der Waals surface area contributed by atoms with Crippen LogP contribution in [0.4, 0.5) is 0 Å². The molecule has 1 atom stereocenters. The minimum absolute atomic E-state index is 0.0230. The number of nitrogens with zero attached hydrogens (tertiary/aromatic N) is 1. The molecule has 1 aromatic heterocycles. The molecule has 0 saturated carbocycles. The molecule has 1 amide bonds. The van der Waals surface area contributed by atoms with Crippen LogP contribution >= 0.6 is 11.3 Å². The van der Waals surface area contributed by atoms with Gasteiger partial charge in [0.25, 0.3) is 0 Å². The summed E-state index contributed by atoms with van der Waals surface area (Å²) in [7, 11) is 0. The van der Waals surface area contributed by atoms with E-state index in [0.29, 0.717) is 4.88 Å². The largest absolute Gasteiger partial charge is 0.479 e. The maximum atomic E-state index is 11.8. The van der Waals surface area contributed by atoms with Crippen molar-refractivity contribution in [3.63, 3.8) is 0 Å². The molecular formula is C15H23NO3S. The van der Waals surface area contributed by atoms with Crippen LogP contribution < -0.4 is 0 Å². The van der Waals surface area contributed by atoms with E-state index >= 15 is 0 Å². The molecule has 1 rings (SSSR count). The van der Waals surface area contributed by atoms with Crippen molar-refractivity contribution in [1.29, 1.82) is 0 Å². The molecule has 0 aliphatic carbocycles. The van der Waals surface area contributed by atoms with E-state index in [1.54, 1.807) is 0 Å². The third-order valence-electron chi connectivity index (χ3n) is 3.07. The van der Waals surface area contributed by atoms with Crippen molar-refractivity contribution in [3.8, 4) is 0 Å². The summed E-state index contributed by atoms with van der Waals surface area (Å²) in [6, 6.07) is 2.71. The normalized spacial score (nSPS) is 13.3. The highest BCUT2D eigenvalue weighted by Crippen LogP contribution is 2.35. The predicted octanol–water partition coefficient (Wildman–Crippen LogP) is 3.43. The number of carbonyl (C=O) groups excluding carboxylic acids is 1. The van der Waals surface area contributed by atoms with Gasteiger partial charge < -0.3 is 10.0 Å². The number of carboxylic acid groups (broad SMARTS) is 1. The summed E-state index contributed by atoms with van der Waals surface area (Å²) < 4.78 is 0. The molecule has 1 aromatic rings. The molecule has 5 heteroatoms. The van der Waals surface area contributed by atoms with Crippen LogP contribution in [0, 0.1) is 0 Å². The van der Waals surface area contributed by atoms with E-state index in [1.165, 1.54) is 23.2 Å². The fraction of sp³-hybridized carbons (Fsp3) is 0.600. The van der Waals surface area contributed by atoms with E-state index < -0.39 is 12.0 Å². The van der Waals surface area contributed by atoms with E-state index in [1.807, 2.05) is 26.0 Å². The lowest BCUT2D eigenvalue weighted by molar-refractivity contribution is -0.151. The van der Waals surface area contributed by atoms with Crippen LogP contribution in [-0.2, 0) is 15.0 Å². The number of aliphatic carboxylic acids is 1. The molecule has 1 N–H and O–H groups in total. The summed E-state index contributed by atoms with van der Waals surface area (Å²) in [5, 5.41) is 9.52. The Hall–Kier alpha value is -1.36. The number of hydrogen-bond donors (Lipinski definition) is 1. The minimum Gasteiger partial charge on any atom is -0.479 e. The second kappa shape index (κ2) is 5.95. The summed E-state index contributed by atoms with van der Waals surface area (Å²) in [5.41, 5.74) is -0.0230. The van der Waals surface area contributed by atoms with Gasteiger partial charge in [0.1, 0.15) is 0 Å². The Labute approximate surface area is 124 Å². The van der Waals surface area contributed by atoms with Crippen LogP contribution in [0.25, 0.3) is 0 Å². The molecule has 1 heterocycles. The minimum atomic E-state index is -0.990. The Morgan fingerprint density at radius 2 is 1.80 bits per heavy atom. The van der Waals surface area contributed by atoms with E-state index in [2.05, 4.69) is 20.8 Å². The molecule has 0 fully saturated rings. The number of hydrogen-bond acceptors (Lipinski definition) is 3. The average molecular weight is 297 g/mol. The van der Waals surface area contributed by atoms with Gasteiger partial charge in [0.2, 0.25) is 5.91 Å². The first-order valence-electron chi connectivity index (χ1n) is 6.67. The molecule has 0 aromatic carbocycles. The molecule has 1 unspecified atom stereocenters. The fourth-order valence-electron chi connectivity index (χ4n) is 2.12. The van der Waals surface area contributed by atoms with Crippen LogP contribution in [0.15, 0.2) is 12.1 Å². The van der Waals surface area contributed by atoms with Crippen molar-refractivity contribution in [3.05, 3.63) is 21.9 Å². The van der Waals surface area contributed by atoms with Crippen molar-refractivity contribution >= 4 is 23.2 Å². The van der Waals surface area contributed by atoms with Gasteiger partial charge in [-0.3, -0.25) is 4.79 Å². The molecule has 0 aliphatic heterocycles. The third kappa shape index (κ3) is 3.60. The summed E-state index contributed by atoms with van der Waals surface area (Å²) in [4.78, 5) is 26.6. The van der Waals surface area contributed by atoms with Gasteiger partial charge in [0.05, 0.1) is 0 Å². The predicted molar refractivity (Wildman–Crippen MR) is 81.1 cm³/mol. The highest BCUT2D eigenvalue weighted by atomic mass is 32.1. The molecule has 4 nitrogen and oxygen atoms in total. The van der Waals surface area contributed by atoms with Gasteiger partial charge in [-0.2, -0.15) is 0 Å². The first-order chi connectivity index (χ1) is 9.05. The first-order valence-corrected chi connectivity index (χ1v) is 7.49. The summed E-state index contributed by atoms with van der Waals surface area (Å²) in [6.07, 6.45) is 0. The highest BCUT2D eigenvalue weighted by molar-refractivity contribution is 7.12. The monoisotopic (exact) mass is 297 g/mol. The fourth-order valence-corrected chi connectivity index (χ4v) is 3.28. The van der Waals surface area contributed by atoms with Gasteiger partial charge in [-0.05, 0) is 31.4 Å². The van der Waals surface area contributed by atoms with Gasteiger partial charge >= 0.3 is 5.97 Å². The summed E-state index contributed by atoms with van der Waals surface area (Å²) in [6.45, 7) is 11.3. The van der Waals surface area contributed by atoms with Gasteiger partial charge in [-0.15, -0.1) is 11.3 Å². The lowest BCUT2D eigenvalue weighted by atomic mass is 9.95. The molecule has 20 heavy (non-hydrogen) atoms. The smallest absolute Gasteiger partial charge is 0.331 e. The Balaban J connectivity index is 3.24. The van der Waals surface area contributed by atoms with E-state index in [-0.39, 0.29) is 17.4 Å². The van der Waals surface area contributed by atoms with Crippen molar-refractivity contribution in [2.75, 3.05) is 0 Å². The van der Waals surface area contributed by atoms with Crippen LogP contribution in [0.5, 0.6) is 0 Å². The van der Waals surface area contributed by atoms with Gasteiger partial charge in [-0.25, -0.2) is 4.79 Å². The van der Waals surface area contributed by atoms with Crippen LogP contribution in [0.1, 0.15) is 57.3 Å². The Kier molecular flexibility index (Phi) is 4.97. The molecule has 0 aliphatic rings. The van der Waals surface area contributed by atoms with E-state index in [4.69, 9.17) is 0 Å². The first kappa shape index (κ1) is 16.7. The maximum absolute atomic E-state index is 11.8. The SMILES string of the molecule is CC(=O)N(C(C)C)C(C(=O)O)c1ccc(C(C)(C)C)s1. The van der Waals surface area contributed by atoms with Crippen molar-refractivity contribution in [2.45, 2.75) is 59.0 Å². The summed E-state index contributed by atoms with van der Waals surface area (Å²) >= 11 is 1.46. The second-order valence-corrected chi connectivity index (χ2v) is 7.33. The third-order valence-corrected chi connectivity index (χ3v) is 4.63. The van der Waals surface area contributed by atoms with E-state index in [9.17, 15) is 14.7 Å². The standard InChI is InChI=1S/C15H23NO3S/c1-9(2)16(10(3)17)13(14(18)19)11-7-8-12(20-11)15(4,5)6/h7-9,13H,1-6H3,(H,18,19). The van der Waals surface area contributed by atoms with Gasteiger partial charge in [0.15, 0.2) is 6.04 Å². The van der Waals surface area contributed by atoms with Crippen LogP contribution in [-0.4, -0.2) is 27.9 Å². The van der Waals surface area contributed by atoms with Crippen molar-refractivity contribution < 1.29 is 14.7 Å². The topological polar surface area (TPSA) is 57.6 Å². The Morgan fingerprint density at radius 3 is 2.10 bits per heavy atom. The average Bonchev–Trinajstić information content (AvgIpc) is 2.71. The summed E-state index contributed by atoms with van der Waals surface area (Å²) in [5.74, 6) is -1.21. The van der Waals surface area contributed by atoms with E-state index in [0.717, 1.165) is 4.88 Å². The molecular weight excluding hydrogens is 274 g/mol. The molecule has 0 bridgehead atoms. The van der Waals surface area contributed by atoms with Crippen molar-refractivity contribution in [2.24, 2.45) is 0 Å². The number of thiophene rings is 1. The Morgan fingerprint density at radius 1 is 1.25 bits per heavy atom. The zero-order chi connectivity index (χ0) is 15.7. The van der Waals surface area contributed by atoms with Gasteiger partial charge in [-0.1, -0.05) is 20.8 Å². The number of amides is 1. The molecule has 0 radical (unpaired) electrons. The number of carboxylic acids is 1. The second-order valence-electron chi connectivity index (χ2n) is 6.21. The lowest BCUT2D eigenvalue weighted by Gasteiger charge is -2.31. The van der Waals surface area contributed by atoms with Crippen LogP contribution in [0.3, 0.4) is 0 Å². The zero-order valence-corrected chi connectivity index (χ0v) is 13.7. The van der Waals surface area contributed by atoms with Gasteiger partial charge in [0, 0.05) is 22.7 Å². The van der Waals surface area contributed by atoms with Crippen LogP contribution in [0.2, 0.25) is 0 Å². The maximum Gasteiger partial charge on any atom is 0.331 e. The lowest BCUT2D eigenvalue weighted by Crippen LogP contribution is -2.41. The number of carbonyl (C=O) groups is 2. The van der Waals surface area contributed by atoms with Crippen molar-refractivity contribution in [1.82, 2.24) is 4.90 Å². The Bertz CT molecular complexity index is 499. The quantitative estimate of drug-likeness (QED) is 0.926. The molecule has 112 valence electrons. The molecule has 0 spiro atoms. The highest BCUT2D eigenvalue weighted by Gasteiger charge is 2.33. The molecule has 0 saturated heterocycles. The zero-order valence-electron chi connectivity index (χ0n) is 12.9. The number of rotatable bonds is 4.